The fourth-order valence-electron chi connectivity index (χ4n) is 3.81. The van der Waals surface area contributed by atoms with Crippen LogP contribution in [0.2, 0.25) is 0 Å². The van der Waals surface area contributed by atoms with Gasteiger partial charge in [0, 0.05) is 12.6 Å². The van der Waals surface area contributed by atoms with Gasteiger partial charge >= 0.3 is 5.97 Å². The Morgan fingerprint density at radius 2 is 2.21 bits per heavy atom. The van der Waals surface area contributed by atoms with E-state index in [1.165, 1.54) is 33.0 Å². The predicted molar refractivity (Wildman–Crippen MR) is 76.0 cm³/mol. The third-order valence-corrected chi connectivity index (χ3v) is 4.99. The highest BCUT2D eigenvalue weighted by Gasteiger charge is 2.47. The molecule has 0 radical (unpaired) electrons. The van der Waals surface area contributed by atoms with Gasteiger partial charge in [-0.2, -0.15) is 0 Å². The second-order valence-corrected chi connectivity index (χ2v) is 6.06. The van der Waals surface area contributed by atoms with Gasteiger partial charge in [0.15, 0.2) is 0 Å². The molecule has 3 unspecified atom stereocenters. The number of esters is 1. The number of rotatable bonds is 5. The summed E-state index contributed by atoms with van der Waals surface area (Å²) in [7, 11) is 1.50. The van der Waals surface area contributed by atoms with Crippen LogP contribution < -0.4 is 5.32 Å². The first-order valence-corrected chi connectivity index (χ1v) is 7.72. The van der Waals surface area contributed by atoms with Crippen molar-refractivity contribution in [3.63, 3.8) is 0 Å². The molecule has 4 heteroatoms. The molecule has 0 aromatic rings. The summed E-state index contributed by atoms with van der Waals surface area (Å²) in [5, 5.41) is 3.39. The van der Waals surface area contributed by atoms with Crippen LogP contribution in [0.3, 0.4) is 0 Å². The Morgan fingerprint density at radius 1 is 1.42 bits per heavy atom. The minimum absolute atomic E-state index is 0.0805. The minimum Gasteiger partial charge on any atom is -0.468 e. The minimum atomic E-state index is -0.432. The molecule has 1 heterocycles. The fraction of sp³-hybridized carbons (Fsp3) is 0.933. The molecule has 110 valence electrons. The molecule has 1 aliphatic carbocycles. The van der Waals surface area contributed by atoms with Gasteiger partial charge in [0.1, 0.15) is 5.54 Å². The number of nitrogens with one attached hydrogen (secondary N) is 1. The molecule has 0 aromatic carbocycles. The van der Waals surface area contributed by atoms with Crippen LogP contribution in [0.15, 0.2) is 0 Å². The molecule has 1 saturated carbocycles. The zero-order valence-electron chi connectivity index (χ0n) is 12.6. The number of likely N-dealkylation sites (N-methyl/N-ethyl adjacent to an activating group) is 1. The van der Waals surface area contributed by atoms with Crippen molar-refractivity contribution >= 4 is 5.97 Å². The van der Waals surface area contributed by atoms with Crippen LogP contribution in [0.25, 0.3) is 0 Å². The smallest absolute Gasteiger partial charge is 0.326 e. The van der Waals surface area contributed by atoms with Gasteiger partial charge < -0.3 is 15.0 Å². The van der Waals surface area contributed by atoms with E-state index in [0.29, 0.717) is 6.04 Å². The first-order valence-electron chi connectivity index (χ1n) is 7.72. The lowest BCUT2D eigenvalue weighted by Gasteiger charge is -2.29. The van der Waals surface area contributed by atoms with Crippen molar-refractivity contribution in [3.8, 4) is 0 Å². The highest BCUT2D eigenvalue weighted by atomic mass is 16.5. The standard InChI is InChI=1S/C15H28N2O2/c1-4-12-7-9-17(11-12)13-6-8-15(10-13,16-5-2)14(18)19-3/h12-13,16H,4-11H2,1-3H3. The number of ether oxygens (including phenoxy) is 1. The van der Waals surface area contributed by atoms with E-state index in [4.69, 9.17) is 4.74 Å². The second kappa shape index (κ2) is 6.23. The summed E-state index contributed by atoms with van der Waals surface area (Å²) in [6.07, 6.45) is 5.52. The SMILES string of the molecule is CCNC1(C(=O)OC)CCC(N2CCC(CC)C2)C1. The molecule has 0 bridgehead atoms. The van der Waals surface area contributed by atoms with Crippen LogP contribution in [0.5, 0.6) is 0 Å². The monoisotopic (exact) mass is 268 g/mol. The Morgan fingerprint density at radius 3 is 2.79 bits per heavy atom. The van der Waals surface area contributed by atoms with Crippen molar-refractivity contribution in [2.45, 2.75) is 57.5 Å². The molecule has 0 spiro atoms. The fourth-order valence-corrected chi connectivity index (χ4v) is 3.81. The number of hydrogen-bond donors (Lipinski definition) is 1. The first kappa shape index (κ1) is 14.8. The van der Waals surface area contributed by atoms with Gasteiger partial charge in [0.2, 0.25) is 0 Å². The summed E-state index contributed by atoms with van der Waals surface area (Å²) in [4.78, 5) is 14.7. The molecular formula is C15H28N2O2. The summed E-state index contributed by atoms with van der Waals surface area (Å²) in [6, 6.07) is 0.551. The Kier molecular flexibility index (Phi) is 4.85. The molecular weight excluding hydrogens is 240 g/mol. The van der Waals surface area contributed by atoms with Crippen molar-refractivity contribution in [2.24, 2.45) is 5.92 Å². The lowest BCUT2D eigenvalue weighted by atomic mass is 9.97. The average Bonchev–Trinajstić information content (AvgIpc) is 3.05. The largest absolute Gasteiger partial charge is 0.468 e. The van der Waals surface area contributed by atoms with Gasteiger partial charge in [0.05, 0.1) is 7.11 Å². The molecule has 4 nitrogen and oxygen atoms in total. The molecule has 2 rings (SSSR count). The third kappa shape index (κ3) is 2.95. The Bertz CT molecular complexity index is 321. The molecule has 2 aliphatic rings. The molecule has 3 atom stereocenters. The van der Waals surface area contributed by atoms with Crippen molar-refractivity contribution in [3.05, 3.63) is 0 Å². The van der Waals surface area contributed by atoms with E-state index >= 15 is 0 Å². The number of nitrogens with zero attached hydrogens (tertiary/aromatic N) is 1. The number of likely N-dealkylation sites (tertiary alicyclic amines) is 1. The Balaban J connectivity index is 1.99. The van der Waals surface area contributed by atoms with Crippen molar-refractivity contribution in [1.82, 2.24) is 10.2 Å². The maximum absolute atomic E-state index is 12.1. The van der Waals surface area contributed by atoms with E-state index in [2.05, 4.69) is 24.1 Å². The van der Waals surface area contributed by atoms with Crippen LogP contribution in [0.4, 0.5) is 0 Å². The molecule has 2 fully saturated rings. The molecule has 19 heavy (non-hydrogen) atoms. The lowest BCUT2D eigenvalue weighted by molar-refractivity contribution is -0.148. The zero-order valence-corrected chi connectivity index (χ0v) is 12.6. The summed E-state index contributed by atoms with van der Waals surface area (Å²) >= 11 is 0. The first-order chi connectivity index (χ1) is 9.15. The summed E-state index contributed by atoms with van der Waals surface area (Å²) in [5.74, 6) is 0.773. The number of hydrogen-bond acceptors (Lipinski definition) is 4. The number of carbonyl (C=O) groups is 1. The van der Waals surface area contributed by atoms with E-state index in [0.717, 1.165) is 31.7 Å². The number of carbonyl (C=O) groups excluding carboxylic acids is 1. The van der Waals surface area contributed by atoms with Gasteiger partial charge in [-0.1, -0.05) is 20.3 Å². The molecule has 0 aromatic heterocycles. The van der Waals surface area contributed by atoms with Crippen LogP contribution in [0.1, 0.15) is 46.0 Å². The third-order valence-electron chi connectivity index (χ3n) is 4.99. The summed E-state index contributed by atoms with van der Waals surface area (Å²) in [5.41, 5.74) is -0.432. The Labute approximate surface area is 116 Å². The van der Waals surface area contributed by atoms with Gasteiger partial charge in [0.25, 0.3) is 0 Å². The summed E-state index contributed by atoms with van der Waals surface area (Å²) < 4.78 is 5.02. The zero-order chi connectivity index (χ0) is 13.9. The second-order valence-electron chi connectivity index (χ2n) is 6.06. The highest BCUT2D eigenvalue weighted by Crippen LogP contribution is 2.36. The summed E-state index contributed by atoms with van der Waals surface area (Å²) in [6.45, 7) is 7.57. The van der Waals surface area contributed by atoms with Gasteiger partial charge in [-0.15, -0.1) is 0 Å². The van der Waals surface area contributed by atoms with Crippen LogP contribution in [-0.4, -0.2) is 49.2 Å². The molecule has 1 aliphatic heterocycles. The van der Waals surface area contributed by atoms with Crippen LogP contribution in [-0.2, 0) is 9.53 Å². The predicted octanol–water partition coefficient (Wildman–Crippen LogP) is 1.79. The molecule has 0 amide bonds. The maximum atomic E-state index is 12.1. The molecule has 1 N–H and O–H groups in total. The quantitative estimate of drug-likeness (QED) is 0.772. The average molecular weight is 268 g/mol. The van der Waals surface area contributed by atoms with Gasteiger partial charge in [-0.25, -0.2) is 0 Å². The normalized spacial score (nSPS) is 35.7. The van der Waals surface area contributed by atoms with Crippen LogP contribution in [0, 0.1) is 5.92 Å². The topological polar surface area (TPSA) is 41.6 Å². The maximum Gasteiger partial charge on any atom is 0.326 e. The van der Waals surface area contributed by atoms with Gasteiger partial charge in [-0.3, -0.25) is 4.79 Å². The van der Waals surface area contributed by atoms with E-state index < -0.39 is 5.54 Å². The van der Waals surface area contributed by atoms with Gasteiger partial charge in [-0.05, 0) is 44.7 Å². The van der Waals surface area contributed by atoms with Crippen molar-refractivity contribution < 1.29 is 9.53 Å². The lowest BCUT2D eigenvalue weighted by Crippen LogP contribution is -2.51. The van der Waals surface area contributed by atoms with E-state index in [1.807, 2.05) is 0 Å². The van der Waals surface area contributed by atoms with Crippen molar-refractivity contribution in [1.29, 1.82) is 0 Å². The van der Waals surface area contributed by atoms with Crippen molar-refractivity contribution in [2.75, 3.05) is 26.7 Å². The Hall–Kier alpha value is -0.610. The van der Waals surface area contributed by atoms with E-state index in [1.54, 1.807) is 0 Å². The van der Waals surface area contributed by atoms with E-state index in [-0.39, 0.29) is 5.97 Å². The van der Waals surface area contributed by atoms with E-state index in [9.17, 15) is 4.79 Å². The highest BCUT2D eigenvalue weighted by molar-refractivity contribution is 5.81. The number of methoxy groups -OCH3 is 1. The molecule has 1 saturated heterocycles. The van der Waals surface area contributed by atoms with Crippen LogP contribution >= 0.6 is 0 Å².